The maximum Gasteiger partial charge on any atom is 0.322 e. The van der Waals surface area contributed by atoms with Gasteiger partial charge in [-0.05, 0) is 44.6 Å². The normalized spacial score (nSPS) is 28.7. The van der Waals surface area contributed by atoms with Crippen molar-refractivity contribution in [2.45, 2.75) is 58.2 Å². The molecule has 3 rings (SSSR count). The van der Waals surface area contributed by atoms with Crippen LogP contribution in [0.4, 0.5) is 0 Å². The van der Waals surface area contributed by atoms with E-state index >= 15 is 0 Å². The first kappa shape index (κ1) is 20.0. The maximum atomic E-state index is 13.1. The van der Waals surface area contributed by atoms with Gasteiger partial charge in [-0.15, -0.1) is 0 Å². The molecule has 1 aliphatic carbocycles. The van der Waals surface area contributed by atoms with E-state index in [1.165, 1.54) is 0 Å². The molecule has 2 fully saturated rings. The molecule has 0 aromatic heterocycles. The van der Waals surface area contributed by atoms with Crippen molar-refractivity contribution in [2.24, 2.45) is 11.3 Å². The summed E-state index contributed by atoms with van der Waals surface area (Å²) in [6.45, 7) is 3.15. The molecule has 1 aliphatic heterocycles. The number of esters is 1. The summed E-state index contributed by atoms with van der Waals surface area (Å²) >= 11 is 0. The number of benzene rings is 1. The average Bonchev–Trinajstić information content (AvgIpc) is 2.71. The fraction of sp³-hybridized carbons (Fsp3) is 0.636. The number of ether oxygens (including phenoxy) is 3. The number of hydrogen-bond acceptors (Lipinski definition) is 5. The zero-order valence-electron chi connectivity index (χ0n) is 16.2. The SMILES string of the molecule is CCOC(=O)C1(COCc2ccccc2)C(=O)CCCC1C1CCCCO1. The molecule has 0 spiro atoms. The van der Waals surface area contributed by atoms with Gasteiger partial charge >= 0.3 is 5.97 Å². The fourth-order valence-electron chi connectivity index (χ4n) is 4.42. The third-order valence-corrected chi connectivity index (χ3v) is 5.79. The number of ketones is 1. The zero-order valence-corrected chi connectivity index (χ0v) is 16.2. The molecule has 0 amide bonds. The molecule has 1 aromatic rings. The van der Waals surface area contributed by atoms with Crippen molar-refractivity contribution < 1.29 is 23.8 Å². The number of rotatable bonds is 7. The minimum Gasteiger partial charge on any atom is -0.465 e. The molecule has 3 atom stereocenters. The van der Waals surface area contributed by atoms with Gasteiger partial charge in [-0.25, -0.2) is 0 Å². The third kappa shape index (κ3) is 4.41. The van der Waals surface area contributed by atoms with Gasteiger partial charge in [-0.3, -0.25) is 9.59 Å². The van der Waals surface area contributed by atoms with Gasteiger partial charge in [0.25, 0.3) is 0 Å². The topological polar surface area (TPSA) is 61.8 Å². The standard InChI is InChI=1S/C22H30O5/c1-2-26-21(24)22(16-25-15-17-9-4-3-5-10-17)18(11-8-13-20(22)23)19-12-6-7-14-27-19/h3-5,9-10,18-19H,2,6-8,11-16H2,1H3. The Bertz CT molecular complexity index is 623. The molecule has 3 unspecified atom stereocenters. The highest BCUT2D eigenvalue weighted by molar-refractivity contribution is 6.05. The van der Waals surface area contributed by atoms with Gasteiger partial charge in [0.1, 0.15) is 0 Å². The van der Waals surface area contributed by atoms with Crippen LogP contribution in [-0.2, 0) is 30.4 Å². The summed E-state index contributed by atoms with van der Waals surface area (Å²) in [5, 5.41) is 0. The van der Waals surface area contributed by atoms with Gasteiger partial charge in [0, 0.05) is 18.9 Å². The highest BCUT2D eigenvalue weighted by Crippen LogP contribution is 2.45. The zero-order chi connectivity index (χ0) is 19.1. The van der Waals surface area contributed by atoms with Crippen LogP contribution >= 0.6 is 0 Å². The van der Waals surface area contributed by atoms with Crippen LogP contribution in [0.5, 0.6) is 0 Å². The number of hydrogen-bond donors (Lipinski definition) is 0. The van der Waals surface area contributed by atoms with E-state index in [2.05, 4.69) is 0 Å². The lowest BCUT2D eigenvalue weighted by Crippen LogP contribution is -2.56. The number of Topliss-reactive ketones (excluding diaryl/α,β-unsaturated/α-hetero) is 1. The Morgan fingerprint density at radius 2 is 2.00 bits per heavy atom. The van der Waals surface area contributed by atoms with Crippen molar-refractivity contribution in [1.82, 2.24) is 0 Å². The summed E-state index contributed by atoms with van der Waals surface area (Å²) in [7, 11) is 0. The molecule has 0 bridgehead atoms. The molecule has 1 heterocycles. The molecule has 5 nitrogen and oxygen atoms in total. The van der Waals surface area contributed by atoms with Gasteiger partial charge in [0.05, 0.1) is 25.9 Å². The van der Waals surface area contributed by atoms with Crippen LogP contribution in [0, 0.1) is 11.3 Å². The highest BCUT2D eigenvalue weighted by Gasteiger charge is 2.57. The van der Waals surface area contributed by atoms with Gasteiger partial charge in [0.15, 0.2) is 11.2 Å². The molecule has 0 radical (unpaired) electrons. The van der Waals surface area contributed by atoms with E-state index in [1.54, 1.807) is 6.92 Å². The van der Waals surface area contributed by atoms with Crippen LogP contribution in [0.3, 0.4) is 0 Å². The second-order valence-electron chi connectivity index (χ2n) is 7.50. The Balaban J connectivity index is 1.82. The lowest BCUT2D eigenvalue weighted by atomic mass is 9.62. The summed E-state index contributed by atoms with van der Waals surface area (Å²) in [5.41, 5.74) is -0.226. The average molecular weight is 374 g/mol. The van der Waals surface area contributed by atoms with Crippen LogP contribution < -0.4 is 0 Å². The Labute approximate surface area is 161 Å². The van der Waals surface area contributed by atoms with Crippen LogP contribution in [0.15, 0.2) is 30.3 Å². The van der Waals surface area contributed by atoms with Crippen molar-refractivity contribution in [3.63, 3.8) is 0 Å². The summed E-state index contributed by atoms with van der Waals surface area (Å²) < 4.78 is 17.3. The number of carbonyl (C=O) groups excluding carboxylic acids is 2. The molecule has 0 N–H and O–H groups in total. The van der Waals surface area contributed by atoms with Crippen molar-refractivity contribution in [3.8, 4) is 0 Å². The van der Waals surface area contributed by atoms with Gasteiger partial charge in [-0.2, -0.15) is 0 Å². The predicted octanol–water partition coefficient (Wildman–Crippen LogP) is 3.69. The molecular formula is C22H30O5. The van der Waals surface area contributed by atoms with Gasteiger partial charge in [-0.1, -0.05) is 30.3 Å². The van der Waals surface area contributed by atoms with E-state index in [0.717, 1.165) is 37.7 Å². The first-order valence-electron chi connectivity index (χ1n) is 10.1. The van der Waals surface area contributed by atoms with E-state index in [9.17, 15) is 9.59 Å². The van der Waals surface area contributed by atoms with Crippen molar-refractivity contribution in [2.75, 3.05) is 19.8 Å². The van der Waals surface area contributed by atoms with Crippen LogP contribution in [-0.4, -0.2) is 37.7 Å². The molecule has 1 saturated carbocycles. The summed E-state index contributed by atoms with van der Waals surface area (Å²) in [5.74, 6) is -0.671. The minimum absolute atomic E-state index is 0.0561. The van der Waals surface area contributed by atoms with Crippen LogP contribution in [0.1, 0.15) is 51.0 Å². The molecule has 27 heavy (non-hydrogen) atoms. The van der Waals surface area contributed by atoms with Crippen molar-refractivity contribution in [3.05, 3.63) is 35.9 Å². The smallest absolute Gasteiger partial charge is 0.322 e. The largest absolute Gasteiger partial charge is 0.465 e. The van der Waals surface area contributed by atoms with E-state index in [0.29, 0.717) is 19.6 Å². The van der Waals surface area contributed by atoms with Gasteiger partial charge < -0.3 is 14.2 Å². The number of carbonyl (C=O) groups is 2. The molecule has 1 saturated heterocycles. The Morgan fingerprint density at radius 3 is 2.70 bits per heavy atom. The van der Waals surface area contributed by atoms with E-state index in [1.807, 2.05) is 30.3 Å². The fourth-order valence-corrected chi connectivity index (χ4v) is 4.42. The summed E-state index contributed by atoms with van der Waals surface area (Å²) in [6.07, 6.45) is 4.90. The first-order valence-corrected chi connectivity index (χ1v) is 10.1. The quantitative estimate of drug-likeness (QED) is 0.538. The second-order valence-corrected chi connectivity index (χ2v) is 7.50. The Morgan fingerprint density at radius 1 is 1.19 bits per heavy atom. The molecule has 5 heteroatoms. The lowest BCUT2D eigenvalue weighted by molar-refractivity contribution is -0.181. The van der Waals surface area contributed by atoms with Crippen molar-refractivity contribution >= 4 is 11.8 Å². The monoisotopic (exact) mass is 374 g/mol. The van der Waals surface area contributed by atoms with E-state index < -0.39 is 11.4 Å². The van der Waals surface area contributed by atoms with Crippen LogP contribution in [0.25, 0.3) is 0 Å². The molecule has 2 aliphatic rings. The van der Waals surface area contributed by atoms with Gasteiger partial charge in [0.2, 0.25) is 0 Å². The molecule has 1 aromatic carbocycles. The molecule has 148 valence electrons. The predicted molar refractivity (Wildman–Crippen MR) is 101 cm³/mol. The van der Waals surface area contributed by atoms with Crippen molar-refractivity contribution in [1.29, 1.82) is 0 Å². The Hall–Kier alpha value is -1.72. The Kier molecular flexibility index (Phi) is 7.02. The summed E-state index contributed by atoms with van der Waals surface area (Å²) in [4.78, 5) is 26.1. The maximum absolute atomic E-state index is 13.1. The first-order chi connectivity index (χ1) is 13.2. The minimum atomic E-state index is -1.24. The lowest BCUT2D eigenvalue weighted by Gasteiger charge is -2.44. The second kappa shape index (κ2) is 9.47. The van der Waals surface area contributed by atoms with Crippen LogP contribution in [0.2, 0.25) is 0 Å². The molecular weight excluding hydrogens is 344 g/mol. The highest BCUT2D eigenvalue weighted by atomic mass is 16.5. The van der Waals surface area contributed by atoms with E-state index in [-0.39, 0.29) is 31.0 Å². The summed E-state index contributed by atoms with van der Waals surface area (Å²) in [6, 6.07) is 9.79. The van der Waals surface area contributed by atoms with E-state index in [4.69, 9.17) is 14.2 Å². The third-order valence-electron chi connectivity index (χ3n) is 5.79.